The zero-order chi connectivity index (χ0) is 16.3. The Hall–Kier alpha value is -1.35. The number of hydrogen-bond donors (Lipinski definition) is 1. The van der Waals surface area contributed by atoms with E-state index in [2.05, 4.69) is 48.1 Å². The maximum absolute atomic E-state index is 4.86. The van der Waals surface area contributed by atoms with E-state index in [1.54, 1.807) is 0 Å². The first-order valence-corrected chi connectivity index (χ1v) is 9.87. The van der Waals surface area contributed by atoms with Crippen LogP contribution in [-0.4, -0.2) is 15.6 Å². The highest BCUT2D eigenvalue weighted by Crippen LogP contribution is 2.60. The summed E-state index contributed by atoms with van der Waals surface area (Å²) >= 11 is 0. The Bertz CT molecular complexity index is 724. The van der Waals surface area contributed by atoms with Gasteiger partial charge < -0.3 is 9.88 Å². The van der Waals surface area contributed by atoms with Crippen LogP contribution in [0.1, 0.15) is 51.3 Å². The van der Waals surface area contributed by atoms with E-state index in [4.69, 9.17) is 4.98 Å². The van der Waals surface area contributed by atoms with Crippen molar-refractivity contribution >= 4 is 11.0 Å². The lowest BCUT2D eigenvalue weighted by Crippen LogP contribution is -2.91. The van der Waals surface area contributed by atoms with E-state index in [1.165, 1.54) is 49.9 Å². The number of benzene rings is 1. The molecule has 3 nitrogen and oxygen atoms in total. The molecule has 2 N–H and O–H groups in total. The first kappa shape index (κ1) is 14.9. The summed E-state index contributed by atoms with van der Waals surface area (Å²) in [6, 6.07) is 9.22. The van der Waals surface area contributed by atoms with Crippen LogP contribution in [0.15, 0.2) is 24.3 Å². The van der Waals surface area contributed by atoms with Crippen LogP contribution in [0.5, 0.6) is 0 Å². The number of aryl methyl sites for hydroxylation is 1. The van der Waals surface area contributed by atoms with Crippen molar-refractivity contribution < 1.29 is 5.32 Å². The van der Waals surface area contributed by atoms with Crippen LogP contribution in [0, 0.1) is 23.2 Å². The molecule has 4 bridgehead atoms. The van der Waals surface area contributed by atoms with Crippen molar-refractivity contribution in [1.29, 1.82) is 0 Å². The highest BCUT2D eigenvalue weighted by Gasteiger charge is 2.54. The summed E-state index contributed by atoms with van der Waals surface area (Å²) in [4.78, 5) is 4.86. The van der Waals surface area contributed by atoms with E-state index in [-0.39, 0.29) is 0 Å². The zero-order valence-electron chi connectivity index (χ0n) is 15.0. The van der Waals surface area contributed by atoms with Crippen molar-refractivity contribution in [2.75, 3.05) is 0 Å². The van der Waals surface area contributed by atoms with E-state index in [0.29, 0.717) is 5.41 Å². The molecule has 1 heterocycles. The van der Waals surface area contributed by atoms with Gasteiger partial charge in [-0.3, -0.25) is 0 Å². The Morgan fingerprint density at radius 2 is 1.75 bits per heavy atom. The van der Waals surface area contributed by atoms with Gasteiger partial charge in [0.25, 0.3) is 0 Å². The molecular formula is C21H30N3+. The fourth-order valence-corrected chi connectivity index (χ4v) is 6.65. The van der Waals surface area contributed by atoms with Crippen LogP contribution >= 0.6 is 0 Å². The molecule has 0 unspecified atom stereocenters. The quantitative estimate of drug-likeness (QED) is 0.920. The lowest BCUT2D eigenvalue weighted by atomic mass is 9.48. The molecule has 24 heavy (non-hydrogen) atoms. The molecule has 6 rings (SSSR count). The minimum absolute atomic E-state index is 0.624. The smallest absolute Gasteiger partial charge is 0.165 e. The Kier molecular flexibility index (Phi) is 3.31. The summed E-state index contributed by atoms with van der Waals surface area (Å²) in [5.74, 6) is 4.35. The number of fused-ring (bicyclic) bond motifs is 1. The average Bonchev–Trinajstić information content (AvgIpc) is 2.88. The zero-order valence-corrected chi connectivity index (χ0v) is 15.0. The van der Waals surface area contributed by atoms with Gasteiger partial charge in [0.15, 0.2) is 5.82 Å². The van der Waals surface area contributed by atoms with Gasteiger partial charge in [0.05, 0.1) is 17.1 Å². The molecule has 0 saturated heterocycles. The lowest BCUT2D eigenvalue weighted by Gasteiger charge is -2.57. The van der Waals surface area contributed by atoms with Crippen molar-refractivity contribution in [3.8, 4) is 0 Å². The molecule has 4 saturated carbocycles. The van der Waals surface area contributed by atoms with Gasteiger partial charge in [0, 0.05) is 12.5 Å². The van der Waals surface area contributed by atoms with E-state index >= 15 is 0 Å². The molecule has 4 aliphatic rings. The Morgan fingerprint density at radius 3 is 2.38 bits per heavy atom. The van der Waals surface area contributed by atoms with Crippen LogP contribution in [0.4, 0.5) is 0 Å². The minimum atomic E-state index is 0.624. The fourth-order valence-electron chi connectivity index (χ4n) is 6.65. The van der Waals surface area contributed by atoms with Crippen molar-refractivity contribution in [2.24, 2.45) is 30.2 Å². The molecule has 128 valence electrons. The molecule has 4 fully saturated rings. The summed E-state index contributed by atoms with van der Waals surface area (Å²) in [5, 5.41) is 2.59. The monoisotopic (exact) mass is 324 g/mol. The molecule has 2 aromatic rings. The van der Waals surface area contributed by atoms with Crippen LogP contribution in [-0.2, 0) is 13.6 Å². The van der Waals surface area contributed by atoms with Crippen LogP contribution < -0.4 is 5.32 Å². The lowest BCUT2D eigenvalue weighted by molar-refractivity contribution is -0.718. The predicted molar refractivity (Wildman–Crippen MR) is 96.4 cm³/mol. The highest BCUT2D eigenvalue weighted by atomic mass is 15.1. The van der Waals surface area contributed by atoms with Gasteiger partial charge in [0.1, 0.15) is 6.54 Å². The number of hydrogen-bond acceptors (Lipinski definition) is 1. The van der Waals surface area contributed by atoms with Gasteiger partial charge in [-0.15, -0.1) is 0 Å². The highest BCUT2D eigenvalue weighted by molar-refractivity contribution is 5.75. The summed E-state index contributed by atoms with van der Waals surface area (Å²) in [6.07, 6.45) is 9.11. The largest absolute Gasteiger partial charge is 0.337 e. The second-order valence-electron chi connectivity index (χ2n) is 9.08. The fraction of sp³-hybridized carbons (Fsp3) is 0.667. The predicted octanol–water partition coefficient (Wildman–Crippen LogP) is 3.24. The first-order chi connectivity index (χ1) is 11.6. The second kappa shape index (κ2) is 5.32. The van der Waals surface area contributed by atoms with Crippen LogP contribution in [0.25, 0.3) is 11.0 Å². The van der Waals surface area contributed by atoms with Crippen molar-refractivity contribution in [2.45, 2.75) is 58.0 Å². The minimum Gasteiger partial charge on any atom is -0.337 e. The third-order valence-electron chi connectivity index (χ3n) is 7.59. The maximum atomic E-state index is 4.86. The molecule has 1 aromatic carbocycles. The molecule has 0 spiro atoms. The van der Waals surface area contributed by atoms with Crippen LogP contribution in [0.3, 0.4) is 0 Å². The topological polar surface area (TPSA) is 34.4 Å². The maximum Gasteiger partial charge on any atom is 0.165 e. The normalized spacial score (nSPS) is 35.7. The molecule has 4 aliphatic carbocycles. The van der Waals surface area contributed by atoms with Crippen LogP contribution in [0.2, 0.25) is 0 Å². The number of rotatable bonds is 4. The molecule has 0 amide bonds. The number of aromatic nitrogens is 2. The SMILES string of the molecule is C[C@H]([NH2+]Cc1nc2ccccc2n1C)C12CC3CC(CC(C3)C1)C2. The Balaban J connectivity index is 1.33. The molecule has 0 radical (unpaired) electrons. The summed E-state index contributed by atoms with van der Waals surface area (Å²) in [7, 11) is 2.16. The molecule has 1 atom stereocenters. The number of quaternary nitrogens is 1. The van der Waals surface area contributed by atoms with E-state index in [9.17, 15) is 0 Å². The van der Waals surface area contributed by atoms with E-state index in [1.807, 2.05) is 0 Å². The van der Waals surface area contributed by atoms with Gasteiger partial charge in [0.2, 0.25) is 0 Å². The number of nitrogens with two attached hydrogens (primary N) is 1. The van der Waals surface area contributed by atoms with Crippen molar-refractivity contribution in [1.82, 2.24) is 9.55 Å². The Morgan fingerprint density at radius 1 is 1.12 bits per heavy atom. The summed E-state index contributed by atoms with van der Waals surface area (Å²) in [6.45, 7) is 3.50. The average molecular weight is 324 g/mol. The van der Waals surface area contributed by atoms with Gasteiger partial charge in [-0.05, 0) is 75.3 Å². The summed E-state index contributed by atoms with van der Waals surface area (Å²) < 4.78 is 2.28. The van der Waals surface area contributed by atoms with Gasteiger partial charge >= 0.3 is 0 Å². The summed E-state index contributed by atoms with van der Waals surface area (Å²) in [5.41, 5.74) is 3.01. The third-order valence-corrected chi connectivity index (χ3v) is 7.59. The van der Waals surface area contributed by atoms with E-state index < -0.39 is 0 Å². The molecule has 0 aliphatic heterocycles. The van der Waals surface area contributed by atoms with E-state index in [0.717, 1.165) is 35.9 Å². The molecule has 3 heteroatoms. The second-order valence-corrected chi connectivity index (χ2v) is 9.08. The van der Waals surface area contributed by atoms with Gasteiger partial charge in [-0.1, -0.05) is 12.1 Å². The van der Waals surface area contributed by atoms with Gasteiger partial charge in [-0.25, -0.2) is 4.98 Å². The molecule has 1 aromatic heterocycles. The standard InChI is InChI=1S/C21H29N3/c1-14(21-10-15-7-16(11-21)9-17(8-15)12-21)22-13-20-23-18-5-3-4-6-19(18)24(20)2/h3-6,14-17,22H,7-13H2,1-2H3/p+1/t14-,15?,16?,17?,21?/m0/s1. The van der Waals surface area contributed by atoms with Crippen molar-refractivity contribution in [3.63, 3.8) is 0 Å². The number of nitrogens with zero attached hydrogens (tertiary/aromatic N) is 2. The third kappa shape index (κ3) is 2.24. The number of imidazole rings is 1. The Labute approximate surface area is 144 Å². The molecular weight excluding hydrogens is 294 g/mol. The van der Waals surface area contributed by atoms with Crippen molar-refractivity contribution in [3.05, 3.63) is 30.1 Å². The first-order valence-electron chi connectivity index (χ1n) is 9.87. The number of para-hydroxylation sites is 2. The van der Waals surface area contributed by atoms with Gasteiger partial charge in [-0.2, -0.15) is 0 Å².